The van der Waals surface area contributed by atoms with E-state index in [9.17, 15) is 0 Å². The van der Waals surface area contributed by atoms with Crippen molar-refractivity contribution in [3.05, 3.63) is 29.3 Å². The Balaban J connectivity index is 2.17. The average molecular weight is 246 g/mol. The Morgan fingerprint density at radius 2 is 2.11 bits per heavy atom. The number of anilines is 1. The summed E-state index contributed by atoms with van der Waals surface area (Å²) in [5.41, 5.74) is 4.32. The number of piperidine rings is 1. The Kier molecular flexibility index (Phi) is 4.65. The molecule has 1 aromatic carbocycles. The highest BCUT2D eigenvalue weighted by molar-refractivity contribution is 5.54. The summed E-state index contributed by atoms with van der Waals surface area (Å²) in [4.78, 5) is 2.23. The first-order chi connectivity index (χ1) is 8.70. The summed E-state index contributed by atoms with van der Waals surface area (Å²) in [5, 5.41) is 3.65. The third kappa shape index (κ3) is 3.26. The van der Waals surface area contributed by atoms with Crippen LogP contribution < -0.4 is 10.2 Å². The van der Waals surface area contributed by atoms with Crippen LogP contribution in [0, 0.1) is 0 Å². The molecule has 1 saturated heterocycles. The molecule has 2 heteroatoms. The van der Waals surface area contributed by atoms with E-state index >= 15 is 0 Å². The number of nitrogens with zero attached hydrogens (tertiary/aromatic N) is 1. The molecule has 2 nitrogen and oxygen atoms in total. The second-order valence-electron chi connectivity index (χ2n) is 5.56. The van der Waals surface area contributed by atoms with Gasteiger partial charge in [-0.05, 0) is 49.4 Å². The summed E-state index contributed by atoms with van der Waals surface area (Å²) in [6, 6.07) is 7.60. The number of hydrogen-bond donors (Lipinski definition) is 1. The maximum Gasteiger partial charge on any atom is 0.0394 e. The number of aryl methyl sites for hydroxylation is 1. The van der Waals surface area contributed by atoms with Gasteiger partial charge >= 0.3 is 0 Å². The van der Waals surface area contributed by atoms with Crippen molar-refractivity contribution in [1.29, 1.82) is 0 Å². The molecule has 1 unspecified atom stereocenters. The summed E-state index contributed by atoms with van der Waals surface area (Å²) in [7, 11) is 4.28. The Hall–Kier alpha value is -1.02. The van der Waals surface area contributed by atoms with E-state index in [-0.39, 0.29) is 0 Å². The fourth-order valence-corrected chi connectivity index (χ4v) is 2.82. The highest BCUT2D eigenvalue weighted by atomic mass is 15.1. The average Bonchev–Trinajstić information content (AvgIpc) is 2.39. The van der Waals surface area contributed by atoms with Gasteiger partial charge in [0.15, 0.2) is 0 Å². The van der Waals surface area contributed by atoms with Crippen molar-refractivity contribution in [3.8, 4) is 0 Å². The first-order valence-electron chi connectivity index (χ1n) is 7.23. The van der Waals surface area contributed by atoms with Gasteiger partial charge in [0.05, 0.1) is 0 Å². The first kappa shape index (κ1) is 13.4. The van der Waals surface area contributed by atoms with Crippen LogP contribution in [0.1, 0.15) is 37.3 Å². The van der Waals surface area contributed by atoms with E-state index in [1.165, 1.54) is 49.0 Å². The van der Waals surface area contributed by atoms with Crippen LogP contribution in [0.3, 0.4) is 0 Å². The first-order valence-corrected chi connectivity index (χ1v) is 7.23. The predicted octanol–water partition coefficient (Wildman–Crippen LogP) is 3.00. The Bertz CT molecular complexity index is 379. The second-order valence-corrected chi connectivity index (χ2v) is 5.56. The van der Waals surface area contributed by atoms with Crippen LogP contribution in [0.4, 0.5) is 5.69 Å². The van der Waals surface area contributed by atoms with Gasteiger partial charge in [-0.2, -0.15) is 0 Å². The van der Waals surface area contributed by atoms with Gasteiger partial charge in [0, 0.05) is 25.8 Å². The molecule has 1 atom stereocenters. The molecular weight excluding hydrogens is 220 g/mol. The number of rotatable bonds is 4. The summed E-state index contributed by atoms with van der Waals surface area (Å²) in [5.74, 6) is 0. The van der Waals surface area contributed by atoms with Crippen LogP contribution in [0.25, 0.3) is 0 Å². The fraction of sp³-hybridized carbons (Fsp3) is 0.625. The van der Waals surface area contributed by atoms with Gasteiger partial charge in [0.2, 0.25) is 0 Å². The van der Waals surface area contributed by atoms with Crippen molar-refractivity contribution in [2.24, 2.45) is 0 Å². The quantitative estimate of drug-likeness (QED) is 0.878. The Labute approximate surface area is 111 Å². The van der Waals surface area contributed by atoms with Crippen molar-refractivity contribution in [1.82, 2.24) is 5.32 Å². The van der Waals surface area contributed by atoms with Crippen LogP contribution in [-0.2, 0) is 12.8 Å². The highest BCUT2D eigenvalue weighted by Gasteiger charge is 2.15. The third-order valence-electron chi connectivity index (χ3n) is 3.91. The van der Waals surface area contributed by atoms with Crippen LogP contribution >= 0.6 is 0 Å². The largest absolute Gasteiger partial charge is 0.377 e. The Morgan fingerprint density at radius 1 is 1.28 bits per heavy atom. The van der Waals surface area contributed by atoms with Gasteiger partial charge in [0.1, 0.15) is 0 Å². The molecule has 1 aliphatic heterocycles. The lowest BCUT2D eigenvalue weighted by Crippen LogP contribution is -2.35. The van der Waals surface area contributed by atoms with E-state index in [1.54, 1.807) is 0 Å². The van der Waals surface area contributed by atoms with Crippen LogP contribution in [0.15, 0.2) is 18.2 Å². The molecule has 0 saturated carbocycles. The van der Waals surface area contributed by atoms with Crippen LogP contribution in [0.2, 0.25) is 0 Å². The van der Waals surface area contributed by atoms with Crippen molar-refractivity contribution >= 4 is 5.69 Å². The van der Waals surface area contributed by atoms with Gasteiger partial charge in [-0.1, -0.05) is 25.5 Å². The zero-order chi connectivity index (χ0) is 13.0. The van der Waals surface area contributed by atoms with E-state index in [2.05, 4.69) is 49.4 Å². The van der Waals surface area contributed by atoms with Crippen LogP contribution in [0.5, 0.6) is 0 Å². The van der Waals surface area contributed by atoms with E-state index in [1.807, 2.05) is 0 Å². The van der Waals surface area contributed by atoms with E-state index in [0.29, 0.717) is 6.04 Å². The number of benzene rings is 1. The third-order valence-corrected chi connectivity index (χ3v) is 3.91. The summed E-state index contributed by atoms with van der Waals surface area (Å²) in [6.45, 7) is 3.42. The molecule has 18 heavy (non-hydrogen) atoms. The minimum absolute atomic E-state index is 0.671. The maximum absolute atomic E-state index is 3.65. The molecule has 1 N–H and O–H groups in total. The molecule has 0 bridgehead atoms. The molecule has 0 spiro atoms. The van der Waals surface area contributed by atoms with E-state index in [0.717, 1.165) is 6.42 Å². The molecule has 2 rings (SSSR count). The summed E-state index contributed by atoms with van der Waals surface area (Å²) >= 11 is 0. The SMILES string of the molecule is CCc1ccc(N(C)C)c(CC2CCCCN2)c1. The van der Waals surface area contributed by atoms with Gasteiger partial charge in [-0.15, -0.1) is 0 Å². The van der Waals surface area contributed by atoms with Crippen molar-refractivity contribution < 1.29 is 0 Å². The normalized spacial score (nSPS) is 19.8. The molecule has 0 radical (unpaired) electrons. The van der Waals surface area contributed by atoms with E-state index < -0.39 is 0 Å². The lowest BCUT2D eigenvalue weighted by molar-refractivity contribution is 0.399. The molecule has 1 heterocycles. The summed E-state index contributed by atoms with van der Waals surface area (Å²) in [6.07, 6.45) is 6.33. The minimum Gasteiger partial charge on any atom is -0.377 e. The predicted molar refractivity (Wildman–Crippen MR) is 79.5 cm³/mol. The lowest BCUT2D eigenvalue weighted by Gasteiger charge is -2.26. The second kappa shape index (κ2) is 6.24. The Morgan fingerprint density at radius 3 is 2.72 bits per heavy atom. The summed E-state index contributed by atoms with van der Waals surface area (Å²) < 4.78 is 0. The highest BCUT2D eigenvalue weighted by Crippen LogP contribution is 2.24. The molecule has 0 aromatic heterocycles. The molecule has 0 aliphatic carbocycles. The monoisotopic (exact) mass is 246 g/mol. The van der Waals surface area contributed by atoms with Crippen molar-refractivity contribution in [3.63, 3.8) is 0 Å². The smallest absolute Gasteiger partial charge is 0.0394 e. The molecule has 1 aromatic rings. The fourth-order valence-electron chi connectivity index (χ4n) is 2.82. The minimum atomic E-state index is 0.671. The lowest BCUT2D eigenvalue weighted by atomic mass is 9.95. The van der Waals surface area contributed by atoms with Gasteiger partial charge in [-0.25, -0.2) is 0 Å². The van der Waals surface area contributed by atoms with Gasteiger partial charge < -0.3 is 10.2 Å². The van der Waals surface area contributed by atoms with Gasteiger partial charge in [-0.3, -0.25) is 0 Å². The molecule has 0 amide bonds. The molecule has 100 valence electrons. The van der Waals surface area contributed by atoms with E-state index in [4.69, 9.17) is 0 Å². The van der Waals surface area contributed by atoms with Crippen molar-refractivity contribution in [2.45, 2.75) is 45.1 Å². The molecule has 1 fully saturated rings. The van der Waals surface area contributed by atoms with Gasteiger partial charge in [0.25, 0.3) is 0 Å². The zero-order valence-electron chi connectivity index (χ0n) is 12.0. The number of nitrogens with one attached hydrogen (secondary N) is 1. The topological polar surface area (TPSA) is 15.3 Å². The zero-order valence-corrected chi connectivity index (χ0v) is 12.0. The standard InChI is InChI=1S/C16H26N2/c1-4-13-8-9-16(18(2)3)14(11-13)12-15-7-5-6-10-17-15/h8-9,11,15,17H,4-7,10,12H2,1-3H3. The van der Waals surface area contributed by atoms with Crippen molar-refractivity contribution in [2.75, 3.05) is 25.5 Å². The molecule has 1 aliphatic rings. The maximum atomic E-state index is 3.65. The number of hydrogen-bond acceptors (Lipinski definition) is 2. The molecular formula is C16H26N2. The van der Waals surface area contributed by atoms with Crippen LogP contribution in [-0.4, -0.2) is 26.7 Å².